The molecule has 0 saturated heterocycles. The summed E-state index contributed by atoms with van der Waals surface area (Å²) in [6.07, 6.45) is 1.35. The third-order valence-electron chi connectivity index (χ3n) is 2.88. The van der Waals surface area contributed by atoms with E-state index < -0.39 is 16.2 Å². The number of nitrogens with one attached hydrogen (secondary N) is 2. The van der Waals surface area contributed by atoms with Crippen LogP contribution in [0.1, 0.15) is 12.5 Å². The summed E-state index contributed by atoms with van der Waals surface area (Å²) in [6, 6.07) is 5.94. The average molecular weight is 290 g/mol. The lowest BCUT2D eigenvalue weighted by Gasteiger charge is -2.08. The molecule has 1 aromatic carbocycles. The van der Waals surface area contributed by atoms with E-state index in [1.807, 2.05) is 6.92 Å². The van der Waals surface area contributed by atoms with Gasteiger partial charge in [-0.2, -0.15) is 0 Å². The molecule has 0 bridgehead atoms. The van der Waals surface area contributed by atoms with Gasteiger partial charge in [0.15, 0.2) is 0 Å². The SMILES string of the molecule is CCNc1ccc(Cn2ccc(=O)[nH]c2=O)cc1[N+](=O)[O-]. The van der Waals surface area contributed by atoms with Gasteiger partial charge >= 0.3 is 5.69 Å². The van der Waals surface area contributed by atoms with Crippen LogP contribution in [0.5, 0.6) is 0 Å². The molecule has 2 N–H and O–H groups in total. The normalized spacial score (nSPS) is 10.3. The van der Waals surface area contributed by atoms with Crippen LogP contribution < -0.4 is 16.6 Å². The standard InChI is InChI=1S/C13H14N4O4/c1-2-14-10-4-3-9(7-11(10)17(20)21)8-16-6-5-12(18)15-13(16)19/h3-7,14H,2,8H2,1H3,(H,15,18,19). The zero-order chi connectivity index (χ0) is 15.4. The second-order valence-corrected chi connectivity index (χ2v) is 4.38. The van der Waals surface area contributed by atoms with Crippen LogP contribution in [0.15, 0.2) is 40.1 Å². The van der Waals surface area contributed by atoms with E-state index in [-0.39, 0.29) is 12.2 Å². The van der Waals surface area contributed by atoms with Crippen LogP contribution in [0.4, 0.5) is 11.4 Å². The highest BCUT2D eigenvalue weighted by Crippen LogP contribution is 2.25. The number of nitro benzene ring substituents is 1. The number of nitro groups is 1. The van der Waals surface area contributed by atoms with Crippen LogP contribution in [0.25, 0.3) is 0 Å². The average Bonchev–Trinajstić information content (AvgIpc) is 2.43. The molecule has 0 amide bonds. The minimum atomic E-state index is -0.555. The zero-order valence-electron chi connectivity index (χ0n) is 11.3. The van der Waals surface area contributed by atoms with Crippen molar-refractivity contribution in [3.8, 4) is 0 Å². The zero-order valence-corrected chi connectivity index (χ0v) is 11.3. The Balaban J connectivity index is 2.36. The summed E-state index contributed by atoms with van der Waals surface area (Å²) in [5.74, 6) is 0. The summed E-state index contributed by atoms with van der Waals surface area (Å²) < 4.78 is 1.27. The van der Waals surface area contributed by atoms with E-state index >= 15 is 0 Å². The Hall–Kier alpha value is -2.90. The quantitative estimate of drug-likeness (QED) is 0.628. The van der Waals surface area contributed by atoms with Gasteiger partial charge in [-0.25, -0.2) is 4.79 Å². The van der Waals surface area contributed by atoms with Gasteiger partial charge in [0.2, 0.25) is 0 Å². The molecule has 110 valence electrons. The number of rotatable bonds is 5. The fourth-order valence-electron chi connectivity index (χ4n) is 1.93. The molecule has 8 nitrogen and oxygen atoms in total. The van der Waals surface area contributed by atoms with Crippen LogP contribution >= 0.6 is 0 Å². The van der Waals surface area contributed by atoms with Crippen molar-refractivity contribution in [3.63, 3.8) is 0 Å². The Kier molecular flexibility index (Phi) is 4.17. The Morgan fingerprint density at radius 1 is 1.33 bits per heavy atom. The van der Waals surface area contributed by atoms with Crippen molar-refractivity contribution in [1.29, 1.82) is 0 Å². The van der Waals surface area contributed by atoms with Crippen molar-refractivity contribution < 1.29 is 4.92 Å². The van der Waals surface area contributed by atoms with E-state index in [0.717, 1.165) is 0 Å². The van der Waals surface area contributed by atoms with E-state index in [1.165, 1.54) is 22.9 Å². The monoisotopic (exact) mass is 290 g/mol. The minimum absolute atomic E-state index is 0.0492. The fourth-order valence-corrected chi connectivity index (χ4v) is 1.93. The molecule has 0 atom stereocenters. The van der Waals surface area contributed by atoms with Gasteiger partial charge in [-0.15, -0.1) is 0 Å². The van der Waals surface area contributed by atoms with Gasteiger partial charge in [0.1, 0.15) is 5.69 Å². The Bertz CT molecular complexity index is 778. The molecule has 0 saturated carbocycles. The van der Waals surface area contributed by atoms with Crippen LogP contribution in [-0.4, -0.2) is 21.0 Å². The van der Waals surface area contributed by atoms with Gasteiger partial charge in [-0.1, -0.05) is 6.07 Å². The van der Waals surface area contributed by atoms with E-state index in [2.05, 4.69) is 10.3 Å². The fraction of sp³-hybridized carbons (Fsp3) is 0.231. The number of hydrogen-bond acceptors (Lipinski definition) is 5. The molecule has 0 radical (unpaired) electrons. The number of aromatic amines is 1. The summed E-state index contributed by atoms with van der Waals surface area (Å²) in [6.45, 7) is 2.56. The first-order valence-electron chi connectivity index (χ1n) is 6.32. The van der Waals surface area contributed by atoms with Crippen LogP contribution in [-0.2, 0) is 6.54 Å². The highest BCUT2D eigenvalue weighted by Gasteiger charge is 2.14. The van der Waals surface area contributed by atoms with E-state index in [9.17, 15) is 19.7 Å². The summed E-state index contributed by atoms with van der Waals surface area (Å²) in [4.78, 5) is 35.3. The van der Waals surface area contributed by atoms with E-state index in [4.69, 9.17) is 0 Å². The number of anilines is 1. The lowest BCUT2D eigenvalue weighted by Crippen LogP contribution is -2.28. The van der Waals surface area contributed by atoms with Crippen molar-refractivity contribution in [2.45, 2.75) is 13.5 Å². The molecule has 21 heavy (non-hydrogen) atoms. The van der Waals surface area contributed by atoms with Gasteiger partial charge in [0, 0.05) is 24.9 Å². The van der Waals surface area contributed by atoms with Crippen molar-refractivity contribution in [3.05, 3.63) is 67.0 Å². The molecule has 2 rings (SSSR count). The summed E-state index contributed by atoms with van der Waals surface area (Å²) in [7, 11) is 0. The molecular weight excluding hydrogens is 276 g/mol. The maximum Gasteiger partial charge on any atom is 0.328 e. The third kappa shape index (κ3) is 3.35. The smallest absolute Gasteiger partial charge is 0.328 e. The second kappa shape index (κ2) is 6.04. The maximum atomic E-state index is 11.6. The molecule has 1 aromatic heterocycles. The second-order valence-electron chi connectivity index (χ2n) is 4.38. The minimum Gasteiger partial charge on any atom is -0.380 e. The summed E-state index contributed by atoms with van der Waals surface area (Å²) in [5, 5.41) is 14.0. The van der Waals surface area contributed by atoms with E-state index in [1.54, 1.807) is 12.1 Å². The first-order chi connectivity index (χ1) is 10.0. The predicted molar refractivity (Wildman–Crippen MR) is 77.7 cm³/mol. The lowest BCUT2D eigenvalue weighted by atomic mass is 10.1. The number of benzene rings is 1. The molecule has 0 spiro atoms. The van der Waals surface area contributed by atoms with E-state index in [0.29, 0.717) is 17.8 Å². The first-order valence-corrected chi connectivity index (χ1v) is 6.32. The van der Waals surface area contributed by atoms with Crippen molar-refractivity contribution in [2.24, 2.45) is 0 Å². The van der Waals surface area contributed by atoms with Crippen molar-refractivity contribution in [1.82, 2.24) is 9.55 Å². The highest BCUT2D eigenvalue weighted by atomic mass is 16.6. The van der Waals surface area contributed by atoms with Crippen molar-refractivity contribution >= 4 is 11.4 Å². The maximum absolute atomic E-state index is 11.6. The van der Waals surface area contributed by atoms with Crippen LogP contribution in [0.3, 0.4) is 0 Å². The van der Waals surface area contributed by atoms with Crippen LogP contribution in [0.2, 0.25) is 0 Å². The third-order valence-corrected chi connectivity index (χ3v) is 2.88. The molecule has 2 aromatic rings. The highest BCUT2D eigenvalue weighted by molar-refractivity contribution is 5.62. The molecule has 0 aliphatic carbocycles. The largest absolute Gasteiger partial charge is 0.380 e. The predicted octanol–water partition coefficient (Wildman–Crippen LogP) is 0.925. The number of hydrogen-bond donors (Lipinski definition) is 2. The van der Waals surface area contributed by atoms with Gasteiger partial charge in [-0.3, -0.25) is 24.5 Å². The Morgan fingerprint density at radius 3 is 2.71 bits per heavy atom. The molecular formula is C13H14N4O4. The number of H-pyrrole nitrogens is 1. The first kappa shape index (κ1) is 14.5. The molecule has 0 aliphatic heterocycles. The Morgan fingerprint density at radius 2 is 2.10 bits per heavy atom. The molecule has 0 aliphatic rings. The summed E-state index contributed by atoms with van der Waals surface area (Å²) >= 11 is 0. The van der Waals surface area contributed by atoms with Crippen LogP contribution in [0, 0.1) is 10.1 Å². The van der Waals surface area contributed by atoms with Gasteiger partial charge in [0.25, 0.3) is 11.2 Å². The number of nitrogens with zero attached hydrogens (tertiary/aromatic N) is 2. The van der Waals surface area contributed by atoms with Gasteiger partial charge in [-0.05, 0) is 18.6 Å². The molecule has 0 unspecified atom stereocenters. The molecule has 1 heterocycles. The topological polar surface area (TPSA) is 110 Å². The Labute approximate surface area is 119 Å². The lowest BCUT2D eigenvalue weighted by molar-refractivity contribution is -0.384. The molecule has 8 heteroatoms. The van der Waals surface area contributed by atoms with Gasteiger partial charge < -0.3 is 5.32 Å². The van der Waals surface area contributed by atoms with Gasteiger partial charge in [0.05, 0.1) is 11.5 Å². The van der Waals surface area contributed by atoms with Crippen molar-refractivity contribution in [2.75, 3.05) is 11.9 Å². The molecule has 0 fully saturated rings. The number of aromatic nitrogens is 2. The summed E-state index contributed by atoms with van der Waals surface area (Å²) in [5.41, 5.74) is -0.0602.